The molecule has 0 spiro atoms. The summed E-state index contributed by atoms with van der Waals surface area (Å²) < 4.78 is 0. The monoisotopic (exact) mass is 274 g/mol. The van der Waals surface area contributed by atoms with Gasteiger partial charge in [-0.3, -0.25) is 4.79 Å². The van der Waals surface area contributed by atoms with Crippen molar-refractivity contribution in [3.8, 4) is 0 Å². The average Bonchev–Trinajstić information content (AvgIpc) is 2.53. The maximum atomic E-state index is 12.1. The molecular weight excluding hydrogens is 248 g/mol. The fourth-order valence-electron chi connectivity index (χ4n) is 2.66. The van der Waals surface area contributed by atoms with E-state index in [1.165, 1.54) is 17.5 Å². The summed E-state index contributed by atoms with van der Waals surface area (Å²) >= 11 is 0. The van der Waals surface area contributed by atoms with Crippen LogP contribution in [0.3, 0.4) is 0 Å². The van der Waals surface area contributed by atoms with Crippen molar-refractivity contribution in [2.24, 2.45) is 0 Å². The van der Waals surface area contributed by atoms with Gasteiger partial charge in [-0.1, -0.05) is 31.2 Å². The first-order valence-corrected chi connectivity index (χ1v) is 7.80. The molecule has 1 aliphatic rings. The molecule has 3 heteroatoms. The Kier molecular flexibility index (Phi) is 5.60. The van der Waals surface area contributed by atoms with E-state index in [9.17, 15) is 4.79 Å². The predicted molar refractivity (Wildman–Crippen MR) is 82.7 cm³/mol. The number of hydrogen-bond acceptors (Lipinski definition) is 2. The zero-order chi connectivity index (χ0) is 14.4. The van der Waals surface area contributed by atoms with Crippen LogP contribution < -0.4 is 5.32 Å². The normalized spacial score (nSPS) is 17.0. The van der Waals surface area contributed by atoms with E-state index >= 15 is 0 Å². The lowest BCUT2D eigenvalue weighted by molar-refractivity contribution is -0.131. The largest absolute Gasteiger partial charge is 0.342 e. The molecule has 1 aliphatic heterocycles. The number of amides is 1. The predicted octanol–water partition coefficient (Wildman–Crippen LogP) is 2.91. The number of aryl methyl sites for hydroxylation is 1. The minimum atomic E-state index is 0.217. The summed E-state index contributed by atoms with van der Waals surface area (Å²) in [6.07, 6.45) is 4.63. The third-order valence-corrected chi connectivity index (χ3v) is 4.16. The van der Waals surface area contributed by atoms with Gasteiger partial charge in [0.05, 0.1) is 6.54 Å². The van der Waals surface area contributed by atoms with Crippen LogP contribution in [0.2, 0.25) is 0 Å². The highest BCUT2D eigenvalue weighted by molar-refractivity contribution is 5.78. The smallest absolute Gasteiger partial charge is 0.236 e. The molecule has 1 N–H and O–H groups in total. The number of hydrogen-bond donors (Lipinski definition) is 1. The summed E-state index contributed by atoms with van der Waals surface area (Å²) in [6, 6.07) is 8.86. The van der Waals surface area contributed by atoms with Crippen LogP contribution in [-0.2, 0) is 11.2 Å². The molecule has 1 fully saturated rings. The minimum Gasteiger partial charge on any atom is -0.342 e. The lowest BCUT2D eigenvalue weighted by Crippen LogP contribution is -2.41. The van der Waals surface area contributed by atoms with Gasteiger partial charge in [-0.15, -0.1) is 0 Å². The van der Waals surface area contributed by atoms with Gasteiger partial charge in [-0.05, 0) is 43.7 Å². The second kappa shape index (κ2) is 7.44. The number of rotatable bonds is 5. The van der Waals surface area contributed by atoms with E-state index in [0.717, 1.165) is 32.4 Å². The molecule has 2 rings (SSSR count). The van der Waals surface area contributed by atoms with Crippen LogP contribution in [0, 0.1) is 0 Å². The first kappa shape index (κ1) is 15.0. The SMILES string of the molecule is CCc1ccc(C(C)NCC(=O)N2CCCCC2)cc1. The number of nitrogens with zero attached hydrogens (tertiary/aromatic N) is 1. The van der Waals surface area contributed by atoms with E-state index < -0.39 is 0 Å². The van der Waals surface area contributed by atoms with Crippen molar-refractivity contribution in [1.29, 1.82) is 0 Å². The number of nitrogens with one attached hydrogen (secondary N) is 1. The molecule has 1 saturated heterocycles. The van der Waals surface area contributed by atoms with Gasteiger partial charge < -0.3 is 10.2 Å². The fourth-order valence-corrected chi connectivity index (χ4v) is 2.66. The molecule has 1 heterocycles. The van der Waals surface area contributed by atoms with E-state index in [1.807, 2.05) is 4.90 Å². The second-order valence-corrected chi connectivity index (χ2v) is 5.64. The molecule has 20 heavy (non-hydrogen) atoms. The fraction of sp³-hybridized carbons (Fsp3) is 0.588. The van der Waals surface area contributed by atoms with Crippen LogP contribution in [-0.4, -0.2) is 30.4 Å². The van der Waals surface area contributed by atoms with E-state index in [1.54, 1.807) is 0 Å². The molecule has 0 aliphatic carbocycles. The summed E-state index contributed by atoms with van der Waals surface area (Å²) in [5.74, 6) is 0.238. The van der Waals surface area contributed by atoms with Crippen LogP contribution in [0.1, 0.15) is 50.3 Å². The molecule has 1 aromatic carbocycles. The third-order valence-electron chi connectivity index (χ3n) is 4.16. The molecule has 0 bridgehead atoms. The van der Waals surface area contributed by atoms with Gasteiger partial charge in [0.1, 0.15) is 0 Å². The molecule has 0 radical (unpaired) electrons. The summed E-state index contributed by atoms with van der Waals surface area (Å²) in [5, 5.41) is 3.34. The highest BCUT2D eigenvalue weighted by atomic mass is 16.2. The zero-order valence-electron chi connectivity index (χ0n) is 12.7. The van der Waals surface area contributed by atoms with E-state index in [2.05, 4.69) is 43.4 Å². The lowest BCUT2D eigenvalue weighted by Gasteiger charge is -2.27. The standard InChI is InChI=1S/C17H26N2O/c1-3-15-7-9-16(10-8-15)14(2)18-13-17(20)19-11-5-4-6-12-19/h7-10,14,18H,3-6,11-13H2,1-2H3. The maximum absolute atomic E-state index is 12.1. The van der Waals surface area contributed by atoms with Gasteiger partial charge in [-0.25, -0.2) is 0 Å². The van der Waals surface area contributed by atoms with Gasteiger partial charge in [-0.2, -0.15) is 0 Å². The highest BCUT2D eigenvalue weighted by Gasteiger charge is 2.16. The van der Waals surface area contributed by atoms with Crippen molar-refractivity contribution in [2.45, 2.75) is 45.6 Å². The van der Waals surface area contributed by atoms with Gasteiger partial charge in [0.15, 0.2) is 0 Å². The number of carbonyl (C=O) groups excluding carboxylic acids is 1. The van der Waals surface area contributed by atoms with Crippen LogP contribution in [0.25, 0.3) is 0 Å². The van der Waals surface area contributed by atoms with Crippen molar-refractivity contribution in [3.05, 3.63) is 35.4 Å². The Balaban J connectivity index is 1.81. The highest BCUT2D eigenvalue weighted by Crippen LogP contribution is 2.14. The number of benzene rings is 1. The van der Waals surface area contributed by atoms with Gasteiger partial charge >= 0.3 is 0 Å². The molecule has 3 nitrogen and oxygen atoms in total. The topological polar surface area (TPSA) is 32.3 Å². The molecule has 1 atom stereocenters. The van der Waals surface area contributed by atoms with Crippen LogP contribution >= 0.6 is 0 Å². The Labute approximate surface area is 122 Å². The Morgan fingerprint density at radius 3 is 2.45 bits per heavy atom. The number of piperidine rings is 1. The second-order valence-electron chi connectivity index (χ2n) is 5.64. The van der Waals surface area contributed by atoms with Crippen molar-refractivity contribution in [1.82, 2.24) is 10.2 Å². The summed E-state index contributed by atoms with van der Waals surface area (Å²) in [5.41, 5.74) is 2.60. The van der Waals surface area contributed by atoms with E-state index in [-0.39, 0.29) is 11.9 Å². The zero-order valence-corrected chi connectivity index (χ0v) is 12.7. The van der Waals surface area contributed by atoms with Crippen LogP contribution in [0.4, 0.5) is 0 Å². The average molecular weight is 274 g/mol. The minimum absolute atomic E-state index is 0.217. The van der Waals surface area contributed by atoms with Crippen molar-refractivity contribution >= 4 is 5.91 Å². The Hall–Kier alpha value is -1.35. The number of carbonyl (C=O) groups is 1. The summed E-state index contributed by atoms with van der Waals surface area (Å²) in [7, 11) is 0. The quantitative estimate of drug-likeness (QED) is 0.895. The molecule has 1 amide bonds. The van der Waals surface area contributed by atoms with Crippen LogP contribution in [0.5, 0.6) is 0 Å². The Morgan fingerprint density at radius 1 is 1.20 bits per heavy atom. The van der Waals surface area contributed by atoms with E-state index in [0.29, 0.717) is 6.54 Å². The van der Waals surface area contributed by atoms with Crippen molar-refractivity contribution in [3.63, 3.8) is 0 Å². The van der Waals surface area contributed by atoms with Gasteiger partial charge in [0.25, 0.3) is 0 Å². The molecule has 0 aromatic heterocycles. The molecule has 110 valence electrons. The maximum Gasteiger partial charge on any atom is 0.236 e. The Bertz CT molecular complexity index is 421. The first-order valence-electron chi connectivity index (χ1n) is 7.80. The molecule has 1 aromatic rings. The van der Waals surface area contributed by atoms with Crippen molar-refractivity contribution in [2.75, 3.05) is 19.6 Å². The Morgan fingerprint density at radius 2 is 1.85 bits per heavy atom. The lowest BCUT2D eigenvalue weighted by atomic mass is 10.0. The first-order chi connectivity index (χ1) is 9.70. The number of likely N-dealkylation sites (tertiary alicyclic amines) is 1. The molecular formula is C17H26N2O. The van der Waals surface area contributed by atoms with E-state index in [4.69, 9.17) is 0 Å². The third kappa shape index (κ3) is 4.07. The summed E-state index contributed by atoms with van der Waals surface area (Å²) in [6.45, 7) is 6.58. The molecule has 0 saturated carbocycles. The van der Waals surface area contributed by atoms with Crippen molar-refractivity contribution < 1.29 is 4.79 Å². The van der Waals surface area contributed by atoms with Crippen LogP contribution in [0.15, 0.2) is 24.3 Å². The summed E-state index contributed by atoms with van der Waals surface area (Å²) in [4.78, 5) is 14.1. The van der Waals surface area contributed by atoms with Gasteiger partial charge in [0.2, 0.25) is 5.91 Å². The van der Waals surface area contributed by atoms with Gasteiger partial charge in [0, 0.05) is 19.1 Å². The molecule has 1 unspecified atom stereocenters.